The summed E-state index contributed by atoms with van der Waals surface area (Å²) < 4.78 is 14.1. The minimum atomic E-state index is -0.391. The van der Waals surface area contributed by atoms with Gasteiger partial charge in [-0.2, -0.15) is 10.5 Å². The summed E-state index contributed by atoms with van der Waals surface area (Å²) in [5, 5.41) is 17.4. The molecule has 0 saturated carbocycles. The SMILES string of the molecule is N#CC(C#N)=Cc1ccc(N2CCCCCCC2)cc1F. The summed E-state index contributed by atoms with van der Waals surface area (Å²) in [6.45, 7) is 1.91. The van der Waals surface area contributed by atoms with Gasteiger partial charge < -0.3 is 4.90 Å². The Kier molecular flexibility index (Phi) is 5.35. The van der Waals surface area contributed by atoms with Crippen molar-refractivity contribution in [3.63, 3.8) is 0 Å². The number of nitriles is 2. The van der Waals surface area contributed by atoms with E-state index in [0.29, 0.717) is 0 Å². The smallest absolute Gasteiger partial charge is 0.132 e. The van der Waals surface area contributed by atoms with E-state index >= 15 is 0 Å². The highest BCUT2D eigenvalue weighted by Crippen LogP contribution is 2.23. The molecule has 0 amide bonds. The number of halogens is 1. The van der Waals surface area contributed by atoms with Crippen LogP contribution in [0.25, 0.3) is 6.08 Å². The van der Waals surface area contributed by atoms with Gasteiger partial charge in [0, 0.05) is 24.3 Å². The molecule has 0 N–H and O–H groups in total. The van der Waals surface area contributed by atoms with Crippen LogP contribution < -0.4 is 4.90 Å². The van der Waals surface area contributed by atoms with Crippen molar-refractivity contribution < 1.29 is 4.39 Å². The normalized spacial score (nSPS) is 15.3. The molecule has 0 atom stereocenters. The maximum atomic E-state index is 14.1. The summed E-state index contributed by atoms with van der Waals surface area (Å²) in [6, 6.07) is 8.49. The minimum absolute atomic E-state index is 0.0899. The summed E-state index contributed by atoms with van der Waals surface area (Å²) >= 11 is 0. The van der Waals surface area contributed by atoms with Crippen molar-refractivity contribution in [3.05, 3.63) is 35.2 Å². The third kappa shape index (κ3) is 4.07. The molecule has 0 unspecified atom stereocenters. The second kappa shape index (κ2) is 7.45. The summed E-state index contributed by atoms with van der Waals surface area (Å²) in [5.41, 5.74) is 1.07. The number of hydrogen-bond donors (Lipinski definition) is 0. The first-order valence-corrected chi connectivity index (χ1v) is 7.31. The number of hydrogen-bond acceptors (Lipinski definition) is 3. The van der Waals surface area contributed by atoms with Crippen LogP contribution in [0.2, 0.25) is 0 Å². The molecule has 0 bridgehead atoms. The van der Waals surface area contributed by atoms with Crippen LogP contribution in [-0.2, 0) is 0 Å². The minimum Gasteiger partial charge on any atom is -0.371 e. The summed E-state index contributed by atoms with van der Waals surface area (Å²) in [7, 11) is 0. The fourth-order valence-corrected chi connectivity index (χ4v) is 2.58. The molecule has 0 aliphatic carbocycles. The number of nitrogens with zero attached hydrogens (tertiary/aromatic N) is 3. The van der Waals surface area contributed by atoms with E-state index in [0.717, 1.165) is 31.6 Å². The zero-order valence-electron chi connectivity index (χ0n) is 12.0. The molecular formula is C17H18FN3. The lowest BCUT2D eigenvalue weighted by Gasteiger charge is -2.27. The molecule has 1 aromatic rings. The molecule has 1 aliphatic rings. The van der Waals surface area contributed by atoms with Crippen molar-refractivity contribution in [3.8, 4) is 12.1 Å². The zero-order chi connectivity index (χ0) is 15.1. The van der Waals surface area contributed by atoms with Gasteiger partial charge in [0.1, 0.15) is 23.5 Å². The molecule has 2 rings (SSSR count). The highest BCUT2D eigenvalue weighted by Gasteiger charge is 2.11. The predicted octanol–water partition coefficient (Wildman–Crippen LogP) is 4.03. The van der Waals surface area contributed by atoms with Crippen LogP contribution in [0.1, 0.15) is 37.7 Å². The highest BCUT2D eigenvalue weighted by molar-refractivity contribution is 5.64. The van der Waals surface area contributed by atoms with Gasteiger partial charge in [-0.05, 0) is 37.1 Å². The van der Waals surface area contributed by atoms with E-state index in [9.17, 15) is 4.39 Å². The Bertz CT molecular complexity index is 583. The van der Waals surface area contributed by atoms with Crippen molar-refractivity contribution in [2.24, 2.45) is 0 Å². The molecule has 3 nitrogen and oxygen atoms in total. The lowest BCUT2D eigenvalue weighted by Crippen LogP contribution is -2.27. The largest absolute Gasteiger partial charge is 0.371 e. The maximum Gasteiger partial charge on any atom is 0.132 e. The van der Waals surface area contributed by atoms with Crippen LogP contribution in [0, 0.1) is 28.5 Å². The van der Waals surface area contributed by atoms with Gasteiger partial charge in [0.05, 0.1) is 0 Å². The summed E-state index contributed by atoms with van der Waals surface area (Å²) in [5.74, 6) is -0.391. The summed E-state index contributed by atoms with van der Waals surface area (Å²) in [4.78, 5) is 2.21. The number of allylic oxidation sites excluding steroid dienone is 1. The van der Waals surface area contributed by atoms with Crippen molar-refractivity contribution in [2.45, 2.75) is 32.1 Å². The standard InChI is InChI=1S/C17H18FN3/c18-17-11-16(21-8-4-2-1-3-5-9-21)7-6-15(17)10-14(12-19)13-20/h6-7,10-11H,1-5,8-9H2. The second-order valence-corrected chi connectivity index (χ2v) is 5.24. The maximum absolute atomic E-state index is 14.1. The van der Waals surface area contributed by atoms with Crippen LogP contribution in [0.4, 0.5) is 10.1 Å². The third-order valence-corrected chi connectivity index (χ3v) is 3.75. The Labute approximate surface area is 124 Å². The fraction of sp³-hybridized carbons (Fsp3) is 0.412. The van der Waals surface area contributed by atoms with Gasteiger partial charge >= 0.3 is 0 Å². The molecule has 1 aromatic carbocycles. The lowest BCUT2D eigenvalue weighted by atomic mass is 10.1. The Hall–Kier alpha value is -2.33. The molecule has 1 aliphatic heterocycles. The molecule has 0 radical (unpaired) electrons. The first-order chi connectivity index (χ1) is 10.2. The molecule has 0 aromatic heterocycles. The third-order valence-electron chi connectivity index (χ3n) is 3.75. The molecular weight excluding hydrogens is 265 g/mol. The van der Waals surface area contributed by atoms with E-state index in [1.54, 1.807) is 18.2 Å². The van der Waals surface area contributed by atoms with Crippen molar-refractivity contribution >= 4 is 11.8 Å². The number of benzene rings is 1. The second-order valence-electron chi connectivity index (χ2n) is 5.24. The fourth-order valence-electron chi connectivity index (χ4n) is 2.58. The van der Waals surface area contributed by atoms with E-state index in [2.05, 4.69) is 4.90 Å². The van der Waals surface area contributed by atoms with E-state index in [-0.39, 0.29) is 11.1 Å². The number of anilines is 1. The van der Waals surface area contributed by atoms with Crippen LogP contribution in [0.3, 0.4) is 0 Å². The molecule has 4 heteroatoms. The van der Waals surface area contributed by atoms with Gasteiger partial charge in [0.2, 0.25) is 0 Å². The number of rotatable bonds is 2. The zero-order valence-corrected chi connectivity index (χ0v) is 12.0. The van der Waals surface area contributed by atoms with Crippen LogP contribution >= 0.6 is 0 Å². The molecule has 1 fully saturated rings. The van der Waals surface area contributed by atoms with Crippen LogP contribution in [0.5, 0.6) is 0 Å². The first-order valence-electron chi connectivity index (χ1n) is 7.31. The van der Waals surface area contributed by atoms with E-state index in [1.165, 1.54) is 31.4 Å². The first kappa shape index (κ1) is 15.1. The Morgan fingerprint density at radius 1 is 1.05 bits per heavy atom. The topological polar surface area (TPSA) is 50.8 Å². The Balaban J connectivity index is 2.20. The summed E-state index contributed by atoms with van der Waals surface area (Å²) in [6.07, 6.45) is 7.30. The van der Waals surface area contributed by atoms with Crippen molar-refractivity contribution in [2.75, 3.05) is 18.0 Å². The molecule has 21 heavy (non-hydrogen) atoms. The molecule has 1 saturated heterocycles. The van der Waals surface area contributed by atoms with Gasteiger partial charge in [-0.15, -0.1) is 0 Å². The van der Waals surface area contributed by atoms with E-state index < -0.39 is 5.82 Å². The quantitative estimate of drug-likeness (QED) is 0.770. The van der Waals surface area contributed by atoms with Gasteiger partial charge in [-0.25, -0.2) is 4.39 Å². The van der Waals surface area contributed by atoms with Crippen LogP contribution in [-0.4, -0.2) is 13.1 Å². The molecule has 108 valence electrons. The van der Waals surface area contributed by atoms with Crippen molar-refractivity contribution in [1.29, 1.82) is 10.5 Å². The van der Waals surface area contributed by atoms with E-state index in [1.807, 2.05) is 6.07 Å². The molecule has 1 heterocycles. The Morgan fingerprint density at radius 2 is 1.67 bits per heavy atom. The van der Waals surface area contributed by atoms with E-state index in [4.69, 9.17) is 10.5 Å². The highest BCUT2D eigenvalue weighted by atomic mass is 19.1. The van der Waals surface area contributed by atoms with Crippen LogP contribution in [0.15, 0.2) is 23.8 Å². The monoisotopic (exact) mass is 283 g/mol. The van der Waals surface area contributed by atoms with Gasteiger partial charge in [-0.1, -0.05) is 19.3 Å². The Morgan fingerprint density at radius 3 is 2.24 bits per heavy atom. The lowest BCUT2D eigenvalue weighted by molar-refractivity contribution is 0.555. The average molecular weight is 283 g/mol. The molecule has 0 spiro atoms. The predicted molar refractivity (Wildman–Crippen MR) is 80.9 cm³/mol. The van der Waals surface area contributed by atoms with Gasteiger partial charge in [0.25, 0.3) is 0 Å². The van der Waals surface area contributed by atoms with Gasteiger partial charge in [-0.3, -0.25) is 0 Å². The van der Waals surface area contributed by atoms with Crippen molar-refractivity contribution in [1.82, 2.24) is 0 Å². The van der Waals surface area contributed by atoms with Gasteiger partial charge in [0.15, 0.2) is 0 Å². The average Bonchev–Trinajstić information content (AvgIpc) is 2.46.